The molecule has 1 rings (SSSR count). The van der Waals surface area contributed by atoms with E-state index in [1.165, 1.54) is 10.8 Å². The zero-order valence-electron chi connectivity index (χ0n) is 6.86. The van der Waals surface area contributed by atoms with Crippen molar-refractivity contribution in [3.63, 3.8) is 0 Å². The van der Waals surface area contributed by atoms with E-state index in [0.717, 1.165) is 0 Å². The van der Waals surface area contributed by atoms with Crippen molar-refractivity contribution in [2.75, 3.05) is 0 Å². The van der Waals surface area contributed by atoms with Crippen molar-refractivity contribution in [1.82, 2.24) is 9.55 Å². The zero-order valence-corrected chi connectivity index (χ0v) is 8.86. The number of carboxylic acids is 1. The number of carbonyl (C=O) groups excluding carboxylic acids is 1. The Morgan fingerprint density at radius 1 is 1.83 bits per heavy atom. The average molecular weight is 174 g/mol. The number of hydrogen-bond acceptors (Lipinski definition) is 3. The molecule has 0 fully saturated rings. The Kier molecular flexibility index (Phi) is 4.89. The van der Waals surface area contributed by atoms with E-state index in [9.17, 15) is 9.90 Å². The number of carboxylic acid groups (broad SMARTS) is 1. The van der Waals surface area contributed by atoms with Gasteiger partial charge in [-0.15, -0.1) is 6.58 Å². The normalized spacial score (nSPS) is 8.67. The van der Waals surface area contributed by atoms with Crippen molar-refractivity contribution < 1.29 is 39.5 Å². The van der Waals surface area contributed by atoms with Crippen molar-refractivity contribution in [2.24, 2.45) is 0 Å². The van der Waals surface area contributed by atoms with Gasteiger partial charge in [-0.1, -0.05) is 6.08 Å². The third-order valence-corrected chi connectivity index (χ3v) is 1.22. The van der Waals surface area contributed by atoms with Crippen molar-refractivity contribution >= 4 is 5.97 Å². The topological polar surface area (TPSA) is 58.0 Å². The molecule has 0 spiro atoms. The first-order valence-electron chi connectivity index (χ1n) is 3.09. The van der Waals surface area contributed by atoms with Gasteiger partial charge in [-0.3, -0.25) is 0 Å². The minimum Gasteiger partial charge on any atom is -0.542 e. The largest absolute Gasteiger partial charge is 1.00 e. The Morgan fingerprint density at radius 2 is 2.50 bits per heavy atom. The summed E-state index contributed by atoms with van der Waals surface area (Å²) in [6.45, 7) is 3.91. The van der Waals surface area contributed by atoms with Gasteiger partial charge in [-0.25, -0.2) is 4.98 Å². The molecule has 4 nitrogen and oxygen atoms in total. The van der Waals surface area contributed by atoms with Gasteiger partial charge in [0.15, 0.2) is 5.82 Å². The van der Waals surface area contributed by atoms with Crippen molar-refractivity contribution in [3.05, 3.63) is 30.9 Å². The van der Waals surface area contributed by atoms with Crippen LogP contribution in [0.25, 0.3) is 0 Å². The van der Waals surface area contributed by atoms with Crippen molar-refractivity contribution in [3.8, 4) is 0 Å². The van der Waals surface area contributed by atoms with Crippen molar-refractivity contribution in [2.45, 2.75) is 6.54 Å². The van der Waals surface area contributed by atoms with Gasteiger partial charge in [-0.2, -0.15) is 0 Å². The maximum atomic E-state index is 10.3. The monoisotopic (exact) mass is 174 g/mol. The van der Waals surface area contributed by atoms with Gasteiger partial charge in [0, 0.05) is 18.9 Å². The number of imidazole rings is 1. The molecule has 58 valence electrons. The molecular formula is C7H7N2NaO2. The first-order chi connectivity index (χ1) is 5.25. The molecule has 0 bridgehead atoms. The molecule has 0 unspecified atom stereocenters. The third kappa shape index (κ3) is 2.48. The van der Waals surface area contributed by atoms with E-state index >= 15 is 0 Å². The van der Waals surface area contributed by atoms with Crippen LogP contribution in [0.15, 0.2) is 25.0 Å². The summed E-state index contributed by atoms with van der Waals surface area (Å²) < 4.78 is 1.45. The van der Waals surface area contributed by atoms with Gasteiger partial charge in [0.25, 0.3) is 0 Å². The van der Waals surface area contributed by atoms with Crippen molar-refractivity contribution in [1.29, 1.82) is 0 Å². The van der Waals surface area contributed by atoms with E-state index in [1.807, 2.05) is 0 Å². The van der Waals surface area contributed by atoms with Crippen LogP contribution in [0.4, 0.5) is 0 Å². The average Bonchev–Trinajstić information content (AvgIpc) is 2.36. The minimum atomic E-state index is -1.27. The summed E-state index contributed by atoms with van der Waals surface area (Å²) in [6.07, 6.45) is 4.57. The maximum absolute atomic E-state index is 10.3. The SMILES string of the molecule is C=CCn1ccnc1C(=O)[O-].[Na+]. The van der Waals surface area contributed by atoms with E-state index in [1.54, 1.807) is 12.3 Å². The first-order valence-corrected chi connectivity index (χ1v) is 3.09. The van der Waals surface area contributed by atoms with Gasteiger partial charge < -0.3 is 14.5 Å². The Balaban J connectivity index is 0.00000121. The Labute approximate surface area is 92.2 Å². The fraction of sp³-hybridized carbons (Fsp3) is 0.143. The molecule has 5 heteroatoms. The summed E-state index contributed by atoms with van der Waals surface area (Å²) in [5.74, 6) is -1.33. The smallest absolute Gasteiger partial charge is 0.542 e. The van der Waals surface area contributed by atoms with E-state index < -0.39 is 5.97 Å². The third-order valence-electron chi connectivity index (χ3n) is 1.22. The summed E-state index contributed by atoms with van der Waals surface area (Å²) in [7, 11) is 0. The molecule has 0 aliphatic rings. The molecule has 0 saturated carbocycles. The zero-order chi connectivity index (χ0) is 8.27. The van der Waals surface area contributed by atoms with E-state index in [-0.39, 0.29) is 35.4 Å². The fourth-order valence-corrected chi connectivity index (χ4v) is 0.786. The van der Waals surface area contributed by atoms with Gasteiger partial charge in [0.2, 0.25) is 0 Å². The molecule has 1 aromatic rings. The van der Waals surface area contributed by atoms with Gasteiger partial charge in [0.05, 0.1) is 0 Å². The molecule has 0 atom stereocenters. The van der Waals surface area contributed by atoms with Gasteiger partial charge in [-0.05, 0) is 0 Å². The van der Waals surface area contributed by atoms with Crippen LogP contribution in [0.2, 0.25) is 0 Å². The van der Waals surface area contributed by atoms with Gasteiger partial charge in [0.1, 0.15) is 5.97 Å². The predicted molar refractivity (Wildman–Crippen MR) is 36.8 cm³/mol. The number of hydrogen-bond donors (Lipinski definition) is 0. The van der Waals surface area contributed by atoms with Crippen LogP contribution in [0, 0.1) is 0 Å². The van der Waals surface area contributed by atoms with Crippen LogP contribution in [-0.4, -0.2) is 15.5 Å². The summed E-state index contributed by atoms with van der Waals surface area (Å²) in [6, 6.07) is 0. The molecular weight excluding hydrogens is 167 g/mol. The summed E-state index contributed by atoms with van der Waals surface area (Å²) >= 11 is 0. The molecule has 0 N–H and O–H groups in total. The minimum absolute atomic E-state index is 0. The molecule has 0 radical (unpaired) electrons. The quantitative estimate of drug-likeness (QED) is 0.352. The predicted octanol–water partition coefficient (Wildman–Crippen LogP) is -3.56. The second-order valence-electron chi connectivity index (χ2n) is 1.98. The number of carbonyl (C=O) groups is 1. The number of rotatable bonds is 3. The molecule has 0 aromatic carbocycles. The fourth-order valence-electron chi connectivity index (χ4n) is 0.786. The van der Waals surface area contributed by atoms with Gasteiger partial charge >= 0.3 is 29.6 Å². The summed E-state index contributed by atoms with van der Waals surface area (Å²) in [5.41, 5.74) is 0. The second kappa shape index (κ2) is 5.13. The standard InChI is InChI=1S/C7H8N2O2.Na/c1-2-4-9-5-3-8-6(9)7(10)11;/h2-3,5H,1,4H2,(H,10,11);/q;+1/p-1. The number of nitrogens with zero attached hydrogens (tertiary/aromatic N) is 2. The van der Waals surface area contributed by atoms with E-state index in [0.29, 0.717) is 6.54 Å². The second-order valence-corrected chi connectivity index (χ2v) is 1.98. The molecule has 12 heavy (non-hydrogen) atoms. The van der Waals surface area contributed by atoms with Crippen LogP contribution in [0.1, 0.15) is 10.6 Å². The van der Waals surface area contributed by atoms with E-state index in [2.05, 4.69) is 11.6 Å². The Hall–Kier alpha value is -0.580. The van der Waals surface area contributed by atoms with Crippen LogP contribution >= 0.6 is 0 Å². The van der Waals surface area contributed by atoms with Crippen LogP contribution in [-0.2, 0) is 6.54 Å². The number of aromatic carboxylic acids is 1. The molecule has 1 heterocycles. The summed E-state index contributed by atoms with van der Waals surface area (Å²) in [5, 5.41) is 10.3. The Bertz CT molecular complexity index is 283. The molecule has 0 amide bonds. The molecule has 0 aliphatic heterocycles. The van der Waals surface area contributed by atoms with E-state index in [4.69, 9.17) is 0 Å². The van der Waals surface area contributed by atoms with Crippen LogP contribution in [0.3, 0.4) is 0 Å². The van der Waals surface area contributed by atoms with Crippen LogP contribution in [0.5, 0.6) is 0 Å². The summed E-state index contributed by atoms with van der Waals surface area (Å²) in [4.78, 5) is 13.9. The van der Waals surface area contributed by atoms with Crippen LogP contribution < -0.4 is 34.7 Å². The maximum Gasteiger partial charge on any atom is 1.00 e. The Morgan fingerprint density at radius 3 is 3.00 bits per heavy atom. The molecule has 0 saturated heterocycles. The molecule has 0 aliphatic carbocycles. The number of aromatic nitrogens is 2. The number of allylic oxidation sites excluding steroid dienone is 1. The molecule has 1 aromatic heterocycles. The first kappa shape index (κ1) is 11.4.